The summed E-state index contributed by atoms with van der Waals surface area (Å²) in [4.78, 5) is 16.8. The van der Waals surface area contributed by atoms with E-state index in [9.17, 15) is 13.2 Å². The molecule has 0 spiro atoms. The maximum atomic E-state index is 12.2. The van der Waals surface area contributed by atoms with Gasteiger partial charge >= 0.3 is 0 Å². The van der Waals surface area contributed by atoms with Gasteiger partial charge in [-0.3, -0.25) is 4.79 Å². The summed E-state index contributed by atoms with van der Waals surface area (Å²) in [5.41, 5.74) is 1.84. The number of hydrogen-bond acceptors (Lipinski definition) is 4. The average molecular weight is 335 g/mol. The number of hydrogen-bond donors (Lipinski definition) is 1. The molecule has 1 amide bonds. The van der Waals surface area contributed by atoms with Crippen LogP contribution in [-0.2, 0) is 27.6 Å². The first kappa shape index (κ1) is 16.0. The summed E-state index contributed by atoms with van der Waals surface area (Å²) in [5.74, 6) is 1.23. The summed E-state index contributed by atoms with van der Waals surface area (Å²) in [5, 5.41) is 2.86. The van der Waals surface area contributed by atoms with E-state index in [1.54, 1.807) is 0 Å². The molecule has 0 radical (unpaired) electrons. The number of benzene rings is 1. The third-order valence-electron chi connectivity index (χ3n) is 4.27. The Balaban J connectivity index is 1.66. The van der Waals surface area contributed by atoms with Crippen molar-refractivity contribution in [1.82, 2.24) is 14.9 Å². The highest BCUT2D eigenvalue weighted by molar-refractivity contribution is 7.91. The summed E-state index contributed by atoms with van der Waals surface area (Å²) in [6, 6.07) is 7.76. The van der Waals surface area contributed by atoms with Crippen molar-refractivity contribution in [3.63, 3.8) is 0 Å². The number of imidazole rings is 1. The van der Waals surface area contributed by atoms with E-state index in [4.69, 9.17) is 0 Å². The number of aromatic nitrogens is 2. The number of carbonyl (C=O) groups excluding carboxylic acids is 1. The third kappa shape index (κ3) is 3.55. The number of carbonyl (C=O) groups is 1. The molecule has 1 aromatic heterocycles. The summed E-state index contributed by atoms with van der Waals surface area (Å²) in [7, 11) is -2.90. The predicted molar refractivity (Wildman–Crippen MR) is 88.9 cm³/mol. The molecule has 1 N–H and O–H groups in total. The summed E-state index contributed by atoms with van der Waals surface area (Å²) < 4.78 is 24.8. The lowest BCUT2D eigenvalue weighted by Gasteiger charge is -2.12. The minimum atomic E-state index is -2.90. The van der Waals surface area contributed by atoms with Gasteiger partial charge in [-0.2, -0.15) is 0 Å². The third-order valence-corrected chi connectivity index (χ3v) is 6.10. The van der Waals surface area contributed by atoms with Crippen LogP contribution in [0.25, 0.3) is 11.0 Å². The van der Waals surface area contributed by atoms with Gasteiger partial charge in [-0.1, -0.05) is 19.1 Å². The topological polar surface area (TPSA) is 81.1 Å². The molecule has 124 valence electrons. The van der Waals surface area contributed by atoms with E-state index in [-0.39, 0.29) is 29.9 Å². The van der Waals surface area contributed by atoms with Gasteiger partial charge < -0.3 is 9.88 Å². The van der Waals surface area contributed by atoms with Crippen LogP contribution in [0, 0.1) is 5.92 Å². The quantitative estimate of drug-likeness (QED) is 0.889. The van der Waals surface area contributed by atoms with E-state index in [1.807, 2.05) is 35.8 Å². The van der Waals surface area contributed by atoms with Gasteiger partial charge in [0.15, 0.2) is 9.84 Å². The molecule has 1 atom stereocenters. The van der Waals surface area contributed by atoms with Crippen LogP contribution in [0.2, 0.25) is 0 Å². The van der Waals surface area contributed by atoms with E-state index < -0.39 is 9.84 Å². The second-order valence-corrected chi connectivity index (χ2v) is 8.26. The molecule has 1 aliphatic heterocycles. The zero-order valence-electron chi connectivity index (χ0n) is 13.2. The van der Waals surface area contributed by atoms with E-state index in [0.717, 1.165) is 23.3 Å². The maximum Gasteiger partial charge on any atom is 0.240 e. The second-order valence-electron chi connectivity index (χ2n) is 6.03. The Labute approximate surface area is 135 Å². The van der Waals surface area contributed by atoms with Crippen LogP contribution in [0.15, 0.2) is 24.3 Å². The van der Waals surface area contributed by atoms with Crippen molar-refractivity contribution in [2.75, 3.05) is 18.1 Å². The van der Waals surface area contributed by atoms with Crippen LogP contribution in [0.5, 0.6) is 0 Å². The molecule has 0 saturated carbocycles. The first-order valence-corrected chi connectivity index (χ1v) is 9.72. The van der Waals surface area contributed by atoms with E-state index in [2.05, 4.69) is 10.3 Å². The minimum absolute atomic E-state index is 0.0362. The average Bonchev–Trinajstić information content (AvgIpc) is 3.05. The smallest absolute Gasteiger partial charge is 0.240 e. The molecule has 0 bridgehead atoms. The van der Waals surface area contributed by atoms with Gasteiger partial charge in [0, 0.05) is 13.0 Å². The zero-order valence-corrected chi connectivity index (χ0v) is 14.0. The Morgan fingerprint density at radius 3 is 2.87 bits per heavy atom. The van der Waals surface area contributed by atoms with Gasteiger partial charge in [0.2, 0.25) is 5.91 Å². The fraction of sp³-hybridized carbons (Fsp3) is 0.500. The molecule has 3 rings (SSSR count). The highest BCUT2D eigenvalue weighted by atomic mass is 32.2. The first-order chi connectivity index (χ1) is 11.0. The zero-order chi connectivity index (χ0) is 16.4. The number of para-hydroxylation sites is 2. The molecule has 6 nitrogen and oxygen atoms in total. The van der Waals surface area contributed by atoms with E-state index in [0.29, 0.717) is 13.0 Å². The molecule has 23 heavy (non-hydrogen) atoms. The number of sulfone groups is 1. The molecular weight excluding hydrogens is 314 g/mol. The fourth-order valence-corrected chi connectivity index (χ4v) is 4.92. The Bertz CT molecular complexity index is 826. The lowest BCUT2D eigenvalue weighted by Crippen LogP contribution is -2.32. The molecule has 1 saturated heterocycles. The number of nitrogens with zero attached hydrogens (tertiary/aromatic N) is 2. The van der Waals surface area contributed by atoms with Gasteiger partial charge in [0.25, 0.3) is 0 Å². The number of fused-ring (bicyclic) bond motifs is 1. The minimum Gasteiger partial charge on any atom is -0.354 e. The van der Waals surface area contributed by atoms with Gasteiger partial charge in [-0.25, -0.2) is 13.4 Å². The van der Waals surface area contributed by atoms with E-state index in [1.165, 1.54) is 0 Å². The predicted octanol–water partition coefficient (Wildman–Crippen LogP) is 1.15. The first-order valence-electron chi connectivity index (χ1n) is 7.90. The van der Waals surface area contributed by atoms with Gasteiger partial charge in [0.05, 0.1) is 22.5 Å². The Hall–Kier alpha value is -1.89. The summed E-state index contributed by atoms with van der Waals surface area (Å²) >= 11 is 0. The lowest BCUT2D eigenvalue weighted by atomic mass is 10.1. The van der Waals surface area contributed by atoms with E-state index >= 15 is 0 Å². The van der Waals surface area contributed by atoms with Crippen LogP contribution in [0.3, 0.4) is 0 Å². The van der Waals surface area contributed by atoms with Crippen LogP contribution < -0.4 is 5.32 Å². The number of amides is 1. The molecule has 1 aromatic carbocycles. The highest BCUT2D eigenvalue weighted by Gasteiger charge is 2.28. The molecule has 7 heteroatoms. The summed E-state index contributed by atoms with van der Waals surface area (Å²) in [6.45, 7) is 2.65. The molecule has 0 unspecified atom stereocenters. The second kappa shape index (κ2) is 6.31. The highest BCUT2D eigenvalue weighted by Crippen LogP contribution is 2.18. The summed E-state index contributed by atoms with van der Waals surface area (Å²) in [6.07, 6.45) is 1.39. The van der Waals surface area contributed by atoms with Crippen LogP contribution in [0.1, 0.15) is 19.2 Å². The number of rotatable bonds is 5. The van der Waals surface area contributed by atoms with Crippen molar-refractivity contribution in [2.45, 2.75) is 26.3 Å². The van der Waals surface area contributed by atoms with Gasteiger partial charge in [-0.15, -0.1) is 0 Å². The van der Waals surface area contributed by atoms with Crippen molar-refractivity contribution < 1.29 is 13.2 Å². The van der Waals surface area contributed by atoms with Crippen molar-refractivity contribution in [2.24, 2.45) is 5.92 Å². The Morgan fingerprint density at radius 1 is 1.39 bits per heavy atom. The molecule has 1 fully saturated rings. The van der Waals surface area contributed by atoms with Gasteiger partial charge in [-0.05, 0) is 24.5 Å². The Morgan fingerprint density at radius 2 is 2.17 bits per heavy atom. The lowest BCUT2D eigenvalue weighted by molar-refractivity contribution is -0.121. The van der Waals surface area contributed by atoms with Crippen LogP contribution >= 0.6 is 0 Å². The van der Waals surface area contributed by atoms with Gasteiger partial charge in [0.1, 0.15) is 12.4 Å². The molecular formula is C16H21N3O3S. The molecule has 1 aliphatic rings. The largest absolute Gasteiger partial charge is 0.354 e. The normalized spacial score (nSPS) is 20.0. The van der Waals surface area contributed by atoms with Crippen molar-refractivity contribution in [3.8, 4) is 0 Å². The van der Waals surface area contributed by atoms with Crippen molar-refractivity contribution in [1.29, 1.82) is 0 Å². The molecule has 0 aliphatic carbocycles. The van der Waals surface area contributed by atoms with Crippen molar-refractivity contribution >= 4 is 26.8 Å². The number of aryl methyl sites for hydroxylation is 1. The van der Waals surface area contributed by atoms with Crippen LogP contribution in [-0.4, -0.2) is 41.9 Å². The monoisotopic (exact) mass is 335 g/mol. The standard InChI is InChI=1S/C16H21N3O3S/c1-2-15-18-13-5-3-4-6-14(13)19(15)10-16(20)17-9-12-7-8-23(21,22)11-12/h3-6,12H,2,7-11H2,1H3,(H,17,20)/t12-/m0/s1. The van der Waals surface area contributed by atoms with Crippen LogP contribution in [0.4, 0.5) is 0 Å². The fourth-order valence-electron chi connectivity index (χ4n) is 3.06. The molecule has 2 heterocycles. The Kier molecular flexibility index (Phi) is 4.39. The SMILES string of the molecule is CCc1nc2ccccc2n1CC(=O)NC[C@@H]1CCS(=O)(=O)C1. The number of nitrogens with one attached hydrogen (secondary N) is 1. The van der Waals surface area contributed by atoms with Crippen molar-refractivity contribution in [3.05, 3.63) is 30.1 Å². The molecule has 2 aromatic rings. The maximum absolute atomic E-state index is 12.2.